The molecule has 4 heteroatoms. The molecule has 1 heterocycles. The van der Waals surface area contributed by atoms with Crippen LogP contribution in [-0.4, -0.2) is 22.9 Å². The molecule has 0 bridgehead atoms. The van der Waals surface area contributed by atoms with Gasteiger partial charge in [-0.15, -0.1) is 0 Å². The number of nitrogens with one attached hydrogen (secondary N) is 1. The molecule has 1 rings (SSSR count). The van der Waals surface area contributed by atoms with Crippen LogP contribution in [0.25, 0.3) is 6.08 Å². The molecule has 0 fully saturated rings. The van der Waals surface area contributed by atoms with E-state index >= 15 is 0 Å². The molecule has 0 spiro atoms. The maximum Gasteiger partial charge on any atom is 0.151 e. The molecule has 0 saturated carbocycles. The molecule has 4 nitrogen and oxygen atoms in total. The molecule has 0 atom stereocenters. The van der Waals surface area contributed by atoms with Gasteiger partial charge in [-0.05, 0) is 24.4 Å². The third-order valence-electron chi connectivity index (χ3n) is 1.47. The summed E-state index contributed by atoms with van der Waals surface area (Å²) in [7, 11) is 1.70. The molecule has 14 heavy (non-hydrogen) atoms. The molecule has 0 aliphatic heterocycles. The van der Waals surface area contributed by atoms with Crippen LogP contribution in [0.3, 0.4) is 0 Å². The Morgan fingerprint density at radius 2 is 2.21 bits per heavy atom. The molecule has 0 saturated heterocycles. The Balaban J connectivity index is 2.68. The molecular formula is C10H12N4. The maximum atomic E-state index is 4.04. The van der Waals surface area contributed by atoms with Gasteiger partial charge in [-0.1, -0.05) is 6.58 Å². The predicted molar refractivity (Wildman–Crippen MR) is 57.8 cm³/mol. The highest BCUT2D eigenvalue weighted by molar-refractivity contribution is 5.96. The smallest absolute Gasteiger partial charge is 0.151 e. The number of amidine groups is 1. The van der Waals surface area contributed by atoms with Crippen LogP contribution in [0.15, 0.2) is 42.3 Å². The average molecular weight is 188 g/mol. The second-order valence-corrected chi connectivity index (χ2v) is 2.40. The van der Waals surface area contributed by atoms with Gasteiger partial charge in [0.05, 0.1) is 0 Å². The highest BCUT2D eigenvalue weighted by atomic mass is 15.0. The fraction of sp³-hybridized carbons (Fsp3) is 0.100. The Kier molecular flexibility index (Phi) is 4.07. The van der Waals surface area contributed by atoms with Crippen molar-refractivity contribution >= 4 is 11.9 Å². The van der Waals surface area contributed by atoms with E-state index in [2.05, 4.69) is 26.9 Å². The molecule has 1 N–H and O–H groups in total. The van der Waals surface area contributed by atoms with Crippen molar-refractivity contribution in [2.45, 2.75) is 0 Å². The number of aromatic nitrogens is 2. The first kappa shape index (κ1) is 10.1. The van der Waals surface area contributed by atoms with Crippen LogP contribution in [0.2, 0.25) is 0 Å². The monoisotopic (exact) mass is 188 g/mol. The molecule has 0 aromatic carbocycles. The van der Waals surface area contributed by atoms with Crippen LogP contribution in [0, 0.1) is 0 Å². The first-order chi connectivity index (χ1) is 6.86. The van der Waals surface area contributed by atoms with Gasteiger partial charge in [-0.2, -0.15) is 0 Å². The summed E-state index contributed by atoms with van der Waals surface area (Å²) in [6.45, 7) is 3.55. The first-order valence-corrected chi connectivity index (χ1v) is 4.16. The van der Waals surface area contributed by atoms with Crippen molar-refractivity contribution in [3.05, 3.63) is 43.1 Å². The zero-order chi connectivity index (χ0) is 10.2. The Bertz CT molecular complexity index is 340. The van der Waals surface area contributed by atoms with E-state index in [4.69, 9.17) is 0 Å². The standard InChI is InChI=1S/C10H12N4/c1-3-12-9(11-2)5-6-10-13-7-4-8-14-10/h3-8H,1H2,2H3,(H,11,12)/b6-5+. The second kappa shape index (κ2) is 5.64. The van der Waals surface area contributed by atoms with Crippen LogP contribution in [0.5, 0.6) is 0 Å². The minimum Gasteiger partial charge on any atom is -0.348 e. The van der Waals surface area contributed by atoms with E-state index in [-0.39, 0.29) is 0 Å². The van der Waals surface area contributed by atoms with Crippen molar-refractivity contribution in [2.24, 2.45) is 4.99 Å². The Morgan fingerprint density at radius 3 is 2.79 bits per heavy atom. The summed E-state index contributed by atoms with van der Waals surface area (Å²) >= 11 is 0. The summed E-state index contributed by atoms with van der Waals surface area (Å²) in [6, 6.07) is 1.77. The lowest BCUT2D eigenvalue weighted by molar-refractivity contribution is 1.13. The predicted octanol–water partition coefficient (Wildman–Crippen LogP) is 1.25. The molecule has 0 radical (unpaired) electrons. The highest BCUT2D eigenvalue weighted by Crippen LogP contribution is 1.91. The molecule has 1 aromatic heterocycles. The molecule has 72 valence electrons. The Hall–Kier alpha value is -1.97. The lowest BCUT2D eigenvalue weighted by Gasteiger charge is -1.96. The summed E-state index contributed by atoms with van der Waals surface area (Å²) in [4.78, 5) is 12.1. The number of hydrogen-bond acceptors (Lipinski definition) is 3. The zero-order valence-corrected chi connectivity index (χ0v) is 8.01. The lowest BCUT2D eigenvalue weighted by Crippen LogP contribution is -2.13. The van der Waals surface area contributed by atoms with Gasteiger partial charge < -0.3 is 5.32 Å². The van der Waals surface area contributed by atoms with Crippen LogP contribution in [-0.2, 0) is 0 Å². The minimum atomic E-state index is 0.652. The van der Waals surface area contributed by atoms with E-state index in [0.29, 0.717) is 11.7 Å². The third-order valence-corrected chi connectivity index (χ3v) is 1.47. The maximum absolute atomic E-state index is 4.04. The van der Waals surface area contributed by atoms with Crippen molar-refractivity contribution in [1.29, 1.82) is 0 Å². The summed E-state index contributed by atoms with van der Waals surface area (Å²) in [5.74, 6) is 1.37. The van der Waals surface area contributed by atoms with Crippen molar-refractivity contribution in [3.8, 4) is 0 Å². The fourth-order valence-corrected chi connectivity index (χ4v) is 0.842. The quantitative estimate of drug-likeness (QED) is 0.573. The van der Waals surface area contributed by atoms with E-state index in [1.807, 2.05) is 0 Å². The third kappa shape index (κ3) is 3.18. The second-order valence-electron chi connectivity index (χ2n) is 2.40. The number of nitrogens with zero attached hydrogens (tertiary/aromatic N) is 3. The van der Waals surface area contributed by atoms with Gasteiger partial charge in [0, 0.05) is 19.4 Å². The highest BCUT2D eigenvalue weighted by Gasteiger charge is 1.89. The van der Waals surface area contributed by atoms with Gasteiger partial charge in [0.15, 0.2) is 5.82 Å². The summed E-state index contributed by atoms with van der Waals surface area (Å²) in [6.07, 6.45) is 8.51. The largest absolute Gasteiger partial charge is 0.348 e. The fourth-order valence-electron chi connectivity index (χ4n) is 0.842. The van der Waals surface area contributed by atoms with Gasteiger partial charge in [0.1, 0.15) is 5.84 Å². The molecule has 0 aliphatic carbocycles. The van der Waals surface area contributed by atoms with Gasteiger partial charge in [-0.3, -0.25) is 4.99 Å². The van der Waals surface area contributed by atoms with Crippen molar-refractivity contribution in [1.82, 2.24) is 15.3 Å². The first-order valence-electron chi connectivity index (χ1n) is 4.16. The summed E-state index contributed by atoms with van der Waals surface area (Å²) in [5.41, 5.74) is 0. The van der Waals surface area contributed by atoms with Crippen molar-refractivity contribution < 1.29 is 0 Å². The van der Waals surface area contributed by atoms with E-state index in [1.54, 1.807) is 43.9 Å². The Labute approximate surface area is 83.1 Å². The van der Waals surface area contributed by atoms with Gasteiger partial charge in [0.25, 0.3) is 0 Å². The van der Waals surface area contributed by atoms with Gasteiger partial charge in [0.2, 0.25) is 0 Å². The summed E-state index contributed by atoms with van der Waals surface area (Å²) < 4.78 is 0. The van der Waals surface area contributed by atoms with E-state index in [9.17, 15) is 0 Å². The Morgan fingerprint density at radius 1 is 1.50 bits per heavy atom. The normalized spacial score (nSPS) is 11.6. The molecule has 0 unspecified atom stereocenters. The topological polar surface area (TPSA) is 50.2 Å². The van der Waals surface area contributed by atoms with E-state index in [0.717, 1.165) is 0 Å². The average Bonchev–Trinajstić information content (AvgIpc) is 2.25. The van der Waals surface area contributed by atoms with Gasteiger partial charge in [-0.25, -0.2) is 9.97 Å². The van der Waals surface area contributed by atoms with Gasteiger partial charge >= 0.3 is 0 Å². The van der Waals surface area contributed by atoms with Crippen molar-refractivity contribution in [2.75, 3.05) is 7.05 Å². The van der Waals surface area contributed by atoms with Crippen LogP contribution in [0.1, 0.15) is 5.82 Å². The lowest BCUT2D eigenvalue weighted by atomic mass is 10.4. The number of hydrogen-bond donors (Lipinski definition) is 1. The molecular weight excluding hydrogens is 176 g/mol. The van der Waals surface area contributed by atoms with Crippen LogP contribution in [0.4, 0.5) is 0 Å². The molecule has 0 amide bonds. The van der Waals surface area contributed by atoms with Crippen LogP contribution < -0.4 is 5.32 Å². The van der Waals surface area contributed by atoms with Crippen LogP contribution >= 0.6 is 0 Å². The number of rotatable bonds is 3. The zero-order valence-electron chi connectivity index (χ0n) is 8.01. The van der Waals surface area contributed by atoms with E-state index < -0.39 is 0 Å². The van der Waals surface area contributed by atoms with Crippen molar-refractivity contribution in [3.63, 3.8) is 0 Å². The SMILES string of the molecule is C=CNC(/C=C/c1ncccn1)=NC. The number of aliphatic imine (C=N–C) groups is 1. The van der Waals surface area contributed by atoms with E-state index in [1.165, 1.54) is 0 Å². The summed E-state index contributed by atoms with van der Waals surface area (Å²) in [5, 5.41) is 2.87. The minimum absolute atomic E-state index is 0.652. The molecule has 1 aromatic rings. The molecule has 0 aliphatic rings.